The normalized spacial score (nSPS) is 11.0. The number of sulfonamides is 1. The summed E-state index contributed by atoms with van der Waals surface area (Å²) in [7, 11) is -3.72. The van der Waals surface area contributed by atoms with Gasteiger partial charge in [0.05, 0.1) is 11.4 Å². The molecular weight excluding hydrogens is 400 g/mol. The summed E-state index contributed by atoms with van der Waals surface area (Å²) < 4.78 is 33.1. The molecule has 1 amide bonds. The van der Waals surface area contributed by atoms with Crippen LogP contribution in [-0.4, -0.2) is 27.5 Å². The Kier molecular flexibility index (Phi) is 6.74. The summed E-state index contributed by atoms with van der Waals surface area (Å²) in [5.41, 5.74) is 2.88. The van der Waals surface area contributed by atoms with Crippen molar-refractivity contribution in [2.24, 2.45) is 0 Å². The highest BCUT2D eigenvalue weighted by molar-refractivity contribution is 7.92. The number of amides is 1. The molecule has 3 aromatic carbocycles. The number of rotatable bonds is 8. The highest BCUT2D eigenvalue weighted by Crippen LogP contribution is 2.19. The fraction of sp³-hybridized carbons (Fsp3) is 0.174. The first-order chi connectivity index (χ1) is 14.3. The highest BCUT2D eigenvalue weighted by Gasteiger charge is 2.14. The van der Waals surface area contributed by atoms with E-state index < -0.39 is 10.0 Å². The summed E-state index contributed by atoms with van der Waals surface area (Å²) in [5, 5.41) is 2.78. The van der Waals surface area contributed by atoms with Crippen LogP contribution in [0.4, 0.5) is 5.69 Å². The minimum absolute atomic E-state index is 0.156. The van der Waals surface area contributed by atoms with Crippen LogP contribution in [-0.2, 0) is 10.0 Å². The van der Waals surface area contributed by atoms with E-state index >= 15 is 0 Å². The van der Waals surface area contributed by atoms with Crippen molar-refractivity contribution in [3.8, 4) is 5.75 Å². The maximum Gasteiger partial charge on any atom is 0.261 e. The van der Waals surface area contributed by atoms with Crippen molar-refractivity contribution >= 4 is 21.6 Å². The average molecular weight is 425 g/mol. The zero-order valence-corrected chi connectivity index (χ0v) is 17.7. The lowest BCUT2D eigenvalue weighted by molar-refractivity contribution is 0.0947. The van der Waals surface area contributed by atoms with E-state index in [1.54, 1.807) is 36.4 Å². The van der Waals surface area contributed by atoms with E-state index in [1.165, 1.54) is 18.2 Å². The van der Waals surface area contributed by atoms with E-state index in [9.17, 15) is 13.2 Å². The third-order valence-corrected chi connectivity index (χ3v) is 5.80. The Bertz CT molecular complexity index is 1130. The molecule has 156 valence electrons. The van der Waals surface area contributed by atoms with Crippen molar-refractivity contribution in [2.45, 2.75) is 18.7 Å². The van der Waals surface area contributed by atoms with Crippen LogP contribution in [0.25, 0.3) is 0 Å². The molecule has 0 aromatic heterocycles. The minimum Gasteiger partial charge on any atom is -0.491 e. The van der Waals surface area contributed by atoms with Gasteiger partial charge in [0.25, 0.3) is 15.9 Å². The standard InChI is InChI=1S/C23H24N2O4S/c1-17-11-12-22(18(2)15-17)29-14-13-24-23(26)19-7-6-8-20(16-19)25-30(27,28)21-9-4-3-5-10-21/h3-12,15-16,25H,13-14H2,1-2H3,(H,24,26). The zero-order valence-electron chi connectivity index (χ0n) is 16.9. The van der Waals surface area contributed by atoms with Crippen LogP contribution in [0.15, 0.2) is 77.7 Å². The van der Waals surface area contributed by atoms with Gasteiger partial charge in [-0.05, 0) is 55.8 Å². The van der Waals surface area contributed by atoms with Crippen molar-refractivity contribution in [3.05, 3.63) is 89.5 Å². The molecule has 0 spiro atoms. The first-order valence-corrected chi connectivity index (χ1v) is 11.0. The third kappa shape index (κ3) is 5.61. The number of ether oxygens (including phenoxy) is 1. The van der Waals surface area contributed by atoms with Crippen molar-refractivity contribution in [1.82, 2.24) is 5.32 Å². The van der Waals surface area contributed by atoms with Gasteiger partial charge < -0.3 is 10.1 Å². The monoisotopic (exact) mass is 424 g/mol. The quantitative estimate of drug-likeness (QED) is 0.537. The first-order valence-electron chi connectivity index (χ1n) is 9.51. The Labute approximate surface area is 177 Å². The summed E-state index contributed by atoms with van der Waals surface area (Å²) >= 11 is 0. The number of benzene rings is 3. The molecule has 0 aliphatic carbocycles. The summed E-state index contributed by atoms with van der Waals surface area (Å²) in [6.07, 6.45) is 0. The molecule has 0 heterocycles. The van der Waals surface area contributed by atoms with Gasteiger partial charge in [-0.15, -0.1) is 0 Å². The predicted octanol–water partition coefficient (Wildman–Crippen LogP) is 3.91. The maximum atomic E-state index is 12.4. The fourth-order valence-electron chi connectivity index (χ4n) is 2.93. The van der Waals surface area contributed by atoms with Crippen molar-refractivity contribution in [2.75, 3.05) is 17.9 Å². The third-order valence-electron chi connectivity index (χ3n) is 4.41. The van der Waals surface area contributed by atoms with Gasteiger partial charge >= 0.3 is 0 Å². The lowest BCUT2D eigenvalue weighted by atomic mass is 10.1. The Balaban J connectivity index is 1.57. The molecule has 7 heteroatoms. The lowest BCUT2D eigenvalue weighted by Crippen LogP contribution is -2.28. The van der Waals surface area contributed by atoms with E-state index in [0.717, 1.165) is 16.9 Å². The topological polar surface area (TPSA) is 84.5 Å². The van der Waals surface area contributed by atoms with E-state index in [0.29, 0.717) is 24.4 Å². The second kappa shape index (κ2) is 9.45. The molecule has 30 heavy (non-hydrogen) atoms. The van der Waals surface area contributed by atoms with Crippen molar-refractivity contribution in [3.63, 3.8) is 0 Å². The largest absolute Gasteiger partial charge is 0.491 e. The minimum atomic E-state index is -3.72. The molecule has 0 aliphatic heterocycles. The molecular formula is C23H24N2O4S. The van der Waals surface area contributed by atoms with Crippen LogP contribution in [0.2, 0.25) is 0 Å². The number of hydrogen-bond donors (Lipinski definition) is 2. The molecule has 0 saturated heterocycles. The van der Waals surface area contributed by atoms with Crippen LogP contribution >= 0.6 is 0 Å². The Morgan fingerprint density at radius 2 is 1.70 bits per heavy atom. The molecule has 0 unspecified atom stereocenters. The molecule has 0 aliphatic rings. The average Bonchev–Trinajstić information content (AvgIpc) is 2.73. The summed E-state index contributed by atoms with van der Waals surface area (Å²) in [5.74, 6) is 0.479. The molecule has 0 bridgehead atoms. The SMILES string of the molecule is Cc1ccc(OCCNC(=O)c2cccc(NS(=O)(=O)c3ccccc3)c2)c(C)c1. The van der Waals surface area contributed by atoms with Crippen LogP contribution < -0.4 is 14.8 Å². The van der Waals surface area contributed by atoms with Gasteiger partial charge in [-0.2, -0.15) is 0 Å². The van der Waals surface area contributed by atoms with Gasteiger partial charge in [0.2, 0.25) is 0 Å². The molecule has 3 rings (SSSR count). The molecule has 0 fully saturated rings. The highest BCUT2D eigenvalue weighted by atomic mass is 32.2. The molecule has 0 atom stereocenters. The maximum absolute atomic E-state index is 12.4. The molecule has 2 N–H and O–H groups in total. The number of carbonyl (C=O) groups is 1. The van der Waals surface area contributed by atoms with Crippen LogP contribution in [0.5, 0.6) is 5.75 Å². The van der Waals surface area contributed by atoms with Crippen LogP contribution in [0.1, 0.15) is 21.5 Å². The van der Waals surface area contributed by atoms with Gasteiger partial charge in [-0.25, -0.2) is 8.42 Å². The van der Waals surface area contributed by atoms with E-state index in [4.69, 9.17) is 4.74 Å². The fourth-order valence-corrected chi connectivity index (χ4v) is 4.00. The van der Waals surface area contributed by atoms with E-state index in [2.05, 4.69) is 10.0 Å². The molecule has 0 radical (unpaired) electrons. The van der Waals surface area contributed by atoms with E-state index in [-0.39, 0.29) is 10.8 Å². The number of nitrogens with one attached hydrogen (secondary N) is 2. The number of carbonyl (C=O) groups excluding carboxylic acids is 1. The smallest absolute Gasteiger partial charge is 0.261 e. The van der Waals surface area contributed by atoms with E-state index in [1.807, 2.05) is 32.0 Å². The van der Waals surface area contributed by atoms with Gasteiger partial charge in [0, 0.05) is 11.3 Å². The molecule has 6 nitrogen and oxygen atoms in total. The first kappa shape index (κ1) is 21.4. The van der Waals surface area contributed by atoms with Gasteiger partial charge in [0.1, 0.15) is 12.4 Å². The van der Waals surface area contributed by atoms with Gasteiger partial charge in [0.15, 0.2) is 0 Å². The second-order valence-electron chi connectivity index (χ2n) is 6.87. The lowest BCUT2D eigenvalue weighted by Gasteiger charge is -2.11. The number of aryl methyl sites for hydroxylation is 2. The molecule has 0 saturated carbocycles. The van der Waals surface area contributed by atoms with Gasteiger partial charge in [-0.3, -0.25) is 9.52 Å². The Morgan fingerprint density at radius 1 is 0.933 bits per heavy atom. The second-order valence-corrected chi connectivity index (χ2v) is 8.56. The summed E-state index contributed by atoms with van der Waals surface area (Å²) in [4.78, 5) is 12.6. The number of hydrogen-bond acceptors (Lipinski definition) is 4. The summed E-state index contributed by atoms with van der Waals surface area (Å²) in [6.45, 7) is 4.65. The Morgan fingerprint density at radius 3 is 2.43 bits per heavy atom. The number of anilines is 1. The van der Waals surface area contributed by atoms with Crippen molar-refractivity contribution in [1.29, 1.82) is 0 Å². The van der Waals surface area contributed by atoms with Crippen LogP contribution in [0.3, 0.4) is 0 Å². The predicted molar refractivity (Wildman–Crippen MR) is 117 cm³/mol. The van der Waals surface area contributed by atoms with Gasteiger partial charge in [-0.1, -0.05) is 42.0 Å². The Hall–Kier alpha value is -3.32. The van der Waals surface area contributed by atoms with Crippen molar-refractivity contribution < 1.29 is 17.9 Å². The molecule has 3 aromatic rings. The van der Waals surface area contributed by atoms with Crippen LogP contribution in [0, 0.1) is 13.8 Å². The zero-order chi connectivity index (χ0) is 21.6. The summed E-state index contributed by atoms with van der Waals surface area (Å²) in [6, 6.07) is 20.3.